The zero-order valence-electron chi connectivity index (χ0n) is 33.9. The third-order valence-corrected chi connectivity index (χ3v) is 12.2. The lowest BCUT2D eigenvalue weighted by molar-refractivity contribution is -0.138. The van der Waals surface area contributed by atoms with E-state index in [2.05, 4.69) is 39.6 Å². The fourth-order valence-electron chi connectivity index (χ4n) is 8.49. The van der Waals surface area contributed by atoms with E-state index in [1.54, 1.807) is 49.1 Å². The van der Waals surface area contributed by atoms with Crippen molar-refractivity contribution < 1.29 is 37.1 Å². The van der Waals surface area contributed by atoms with Gasteiger partial charge in [0.05, 0.1) is 23.7 Å². The summed E-state index contributed by atoms with van der Waals surface area (Å²) in [5, 5.41) is 17.7. The molecule has 1 aliphatic carbocycles. The molecule has 0 bridgehead atoms. The van der Waals surface area contributed by atoms with Crippen LogP contribution in [-0.2, 0) is 25.4 Å². The molecule has 7 rings (SSSR count). The topological polar surface area (TPSA) is 150 Å². The molecule has 3 aromatic carbocycles. The first kappa shape index (κ1) is 42.8. The number of nitrogens with one attached hydrogen (secondary N) is 3. The van der Waals surface area contributed by atoms with E-state index in [0.29, 0.717) is 36.6 Å². The lowest BCUT2D eigenvalue weighted by Crippen LogP contribution is -2.58. The smallest absolute Gasteiger partial charge is 0.417 e. The number of halogens is 3. The van der Waals surface area contributed by atoms with Gasteiger partial charge in [-0.05, 0) is 113 Å². The van der Waals surface area contributed by atoms with Crippen LogP contribution in [0, 0.1) is 11.3 Å². The van der Waals surface area contributed by atoms with Gasteiger partial charge in [-0.1, -0.05) is 6.07 Å². The second-order valence-electron chi connectivity index (χ2n) is 16.5. The Morgan fingerprint density at radius 1 is 0.983 bits per heavy atom. The minimum Gasteiger partial charge on any atom is -0.492 e. The van der Waals surface area contributed by atoms with Gasteiger partial charge in [-0.25, -0.2) is 0 Å². The number of piperidine rings is 1. The molecular weight excluding hydrogens is 798 g/mol. The quantitative estimate of drug-likeness (QED) is 0.128. The number of alkyl halides is 3. The number of anilines is 4. The second kappa shape index (κ2) is 17.0. The molecule has 4 fully saturated rings. The number of benzene rings is 3. The molecule has 3 aromatic rings. The molecule has 318 valence electrons. The van der Waals surface area contributed by atoms with Crippen LogP contribution in [0.3, 0.4) is 0 Å². The Bertz CT molecular complexity index is 2200. The number of hydrogen-bond acceptors (Lipinski definition) is 11. The number of hydrogen-bond donors (Lipinski definition) is 4. The molecule has 4 amide bonds. The fraction of sp³-hybridized carbons (Fsp3) is 0.465. The van der Waals surface area contributed by atoms with Gasteiger partial charge in [0.2, 0.25) is 17.7 Å². The number of piperazine rings is 1. The molecule has 1 saturated carbocycles. The molecule has 17 heteroatoms. The molecule has 2 unspecified atom stereocenters. The Hall–Kier alpha value is -5.31. The van der Waals surface area contributed by atoms with Gasteiger partial charge in [-0.2, -0.15) is 18.4 Å². The Morgan fingerprint density at radius 2 is 1.68 bits per heavy atom. The number of thiol groups is 1. The largest absolute Gasteiger partial charge is 0.492 e. The van der Waals surface area contributed by atoms with Crippen molar-refractivity contribution in [1.82, 2.24) is 15.1 Å². The molecule has 0 spiro atoms. The normalized spacial score (nSPS) is 23.6. The monoisotopic (exact) mass is 846 g/mol. The predicted molar refractivity (Wildman–Crippen MR) is 224 cm³/mol. The van der Waals surface area contributed by atoms with E-state index in [0.717, 1.165) is 49.4 Å². The van der Waals surface area contributed by atoms with E-state index in [1.165, 1.54) is 11.0 Å². The van der Waals surface area contributed by atoms with Gasteiger partial charge < -0.3 is 20.3 Å². The van der Waals surface area contributed by atoms with Crippen LogP contribution in [0.5, 0.6) is 5.75 Å². The molecule has 3 aliphatic heterocycles. The highest BCUT2D eigenvalue weighted by Gasteiger charge is 2.52. The maximum absolute atomic E-state index is 13.8. The Morgan fingerprint density at radius 3 is 2.35 bits per heavy atom. The van der Waals surface area contributed by atoms with Crippen LogP contribution in [0.15, 0.2) is 60.7 Å². The van der Waals surface area contributed by atoms with Crippen LogP contribution in [0.2, 0.25) is 0 Å². The maximum atomic E-state index is 13.8. The minimum absolute atomic E-state index is 0.000807. The number of carbonyl (C=O) groups excluding carboxylic acids is 4. The summed E-state index contributed by atoms with van der Waals surface area (Å²) < 4.78 is 47.9. The van der Waals surface area contributed by atoms with Crippen molar-refractivity contribution in [2.24, 2.45) is 0 Å². The van der Waals surface area contributed by atoms with Crippen molar-refractivity contribution in [3.05, 3.63) is 77.4 Å². The number of carbonyl (C=O) groups is 4. The van der Waals surface area contributed by atoms with Gasteiger partial charge in [0.15, 0.2) is 5.50 Å². The number of rotatable bonds is 12. The highest BCUT2D eigenvalue weighted by molar-refractivity contribution is 7.81. The van der Waals surface area contributed by atoms with Crippen LogP contribution >= 0.6 is 12.6 Å². The molecule has 3 saturated heterocycles. The van der Waals surface area contributed by atoms with Gasteiger partial charge in [0.25, 0.3) is 5.91 Å². The molecule has 3 N–H and O–H groups in total. The summed E-state index contributed by atoms with van der Waals surface area (Å²) in [7, 11) is 0. The van der Waals surface area contributed by atoms with Crippen LogP contribution in [-0.4, -0.2) is 95.4 Å². The number of nitriles is 1. The van der Waals surface area contributed by atoms with Crippen molar-refractivity contribution >= 4 is 59.0 Å². The highest BCUT2D eigenvalue weighted by atomic mass is 32.1. The maximum Gasteiger partial charge on any atom is 0.417 e. The molecule has 4 aliphatic rings. The van der Waals surface area contributed by atoms with Crippen LogP contribution in [0.4, 0.5) is 35.9 Å². The molecule has 13 nitrogen and oxygen atoms in total. The zero-order chi connectivity index (χ0) is 43.1. The zero-order valence-corrected chi connectivity index (χ0v) is 34.8. The van der Waals surface area contributed by atoms with Crippen molar-refractivity contribution in [2.75, 3.05) is 53.2 Å². The standard InChI is InChI=1S/C43H49F3N8O5S/c1-25-22-51(23-26(2)52(25)24-38(56)49-30-7-5-6-29(18-30)48-35-13-15-37(55)50-39(35)57)16-17-59-36-14-12-32(19-33(36)27-8-9-27)54-41(60)53(40(58)42(54,3)4)31-11-10-28(21-47)34(20-31)43(44,45)46/h5-7,10-12,14,18-20,25-27,35,41,48,60H,8-9,13,15-17,22-24H2,1-4H3,(H,49,56)(H,50,55,57)/t25-,26+,35?,41?. The van der Waals surface area contributed by atoms with Gasteiger partial charge in [0.1, 0.15) is 23.9 Å². The summed E-state index contributed by atoms with van der Waals surface area (Å²) in [6, 6.07) is 17.4. The molecule has 4 atom stereocenters. The van der Waals surface area contributed by atoms with Gasteiger partial charge >= 0.3 is 6.18 Å². The molecule has 60 heavy (non-hydrogen) atoms. The van der Waals surface area contributed by atoms with Gasteiger partial charge in [-0.3, -0.25) is 39.2 Å². The third-order valence-electron chi connectivity index (χ3n) is 11.7. The Kier molecular flexibility index (Phi) is 12.1. The molecule has 3 heterocycles. The van der Waals surface area contributed by atoms with E-state index >= 15 is 0 Å². The summed E-state index contributed by atoms with van der Waals surface area (Å²) in [4.78, 5) is 58.2. The molecule has 0 radical (unpaired) electrons. The van der Waals surface area contributed by atoms with Crippen molar-refractivity contribution in [1.29, 1.82) is 5.26 Å². The van der Waals surface area contributed by atoms with Crippen LogP contribution in [0.25, 0.3) is 0 Å². The molecular formula is C43H49F3N8O5S. The van der Waals surface area contributed by atoms with E-state index < -0.39 is 40.3 Å². The van der Waals surface area contributed by atoms with Crippen LogP contribution in [0.1, 0.15) is 76.0 Å². The lowest BCUT2D eigenvalue weighted by Gasteiger charge is -2.44. The summed E-state index contributed by atoms with van der Waals surface area (Å²) >= 11 is 4.77. The second-order valence-corrected chi connectivity index (χ2v) is 17.0. The molecule has 0 aromatic heterocycles. The minimum atomic E-state index is -4.78. The van der Waals surface area contributed by atoms with Crippen molar-refractivity contribution in [3.63, 3.8) is 0 Å². The first-order chi connectivity index (χ1) is 28.4. The van der Waals surface area contributed by atoms with Crippen molar-refractivity contribution in [2.45, 2.75) is 94.6 Å². The third kappa shape index (κ3) is 9.05. The predicted octanol–water partition coefficient (Wildman–Crippen LogP) is 5.93. The highest BCUT2D eigenvalue weighted by Crippen LogP contribution is 2.48. The van der Waals surface area contributed by atoms with E-state index in [1.807, 2.05) is 18.2 Å². The Labute approximate surface area is 352 Å². The van der Waals surface area contributed by atoms with E-state index in [4.69, 9.17) is 17.4 Å². The van der Waals surface area contributed by atoms with Gasteiger partial charge in [-0.15, -0.1) is 12.6 Å². The summed E-state index contributed by atoms with van der Waals surface area (Å²) in [5.74, 6) is -0.202. The summed E-state index contributed by atoms with van der Waals surface area (Å²) in [6.07, 6.45) is -2.14. The average Bonchev–Trinajstić information content (AvgIpc) is 4.01. The fourth-order valence-corrected chi connectivity index (χ4v) is 9.15. The summed E-state index contributed by atoms with van der Waals surface area (Å²) in [6.45, 7) is 10.4. The first-order valence-electron chi connectivity index (χ1n) is 20.1. The van der Waals surface area contributed by atoms with Crippen LogP contribution < -0.4 is 30.5 Å². The number of imide groups is 1. The average molecular weight is 847 g/mol. The van der Waals surface area contributed by atoms with Gasteiger partial charge in [0, 0.05) is 60.9 Å². The SMILES string of the molecule is C[C@@H]1CN(CCOc2ccc(N3C(S)N(c4ccc(C#N)c(C(F)(F)F)c4)C(=O)C3(C)C)cc2C2CC2)C[C@H](C)N1CC(=O)Nc1cccc(NC2CCC(=O)NC2=O)c1. The van der Waals surface area contributed by atoms with Crippen molar-refractivity contribution in [3.8, 4) is 11.8 Å². The number of amides is 4. The first-order valence-corrected chi connectivity index (χ1v) is 20.6. The Balaban J connectivity index is 0.945. The van der Waals surface area contributed by atoms with E-state index in [-0.39, 0.29) is 54.4 Å². The van der Waals surface area contributed by atoms with E-state index in [9.17, 15) is 37.6 Å². The summed E-state index contributed by atoms with van der Waals surface area (Å²) in [5.41, 5.74) is -0.750. The lowest BCUT2D eigenvalue weighted by atomic mass is 10.0. The number of ether oxygens (including phenoxy) is 1. The number of nitrogens with zero attached hydrogens (tertiary/aromatic N) is 5.